The third-order valence-electron chi connectivity index (χ3n) is 3.17. The number of nitrogens with two attached hydrogens (primary N) is 1. The topological polar surface area (TPSA) is 81.4 Å². The molecular formula is C17H17ClN2O3. The number of primary amides is 1. The Hall–Kier alpha value is -2.37. The van der Waals surface area contributed by atoms with Crippen molar-refractivity contribution in [2.75, 3.05) is 6.61 Å². The van der Waals surface area contributed by atoms with Gasteiger partial charge in [-0.15, -0.1) is 0 Å². The number of carbonyl (C=O) groups is 2. The highest BCUT2D eigenvalue weighted by molar-refractivity contribution is 6.31. The maximum Gasteiger partial charge on any atom is 0.246 e. The van der Waals surface area contributed by atoms with Gasteiger partial charge in [0.15, 0.2) is 0 Å². The van der Waals surface area contributed by atoms with Crippen LogP contribution in [0, 0.1) is 0 Å². The number of hydrogen-bond acceptors (Lipinski definition) is 3. The standard InChI is InChI=1S/C17H17ClN2O3/c18-14-9-5-4-8-13(14)10-23-11-15(21)20-16(17(19)22)12-6-2-1-3-7-12/h1-9,16H,10-11H2,(H2,19,22)(H,20,21)/t16-/m1/s1. The van der Waals surface area contributed by atoms with Gasteiger partial charge in [-0.25, -0.2) is 0 Å². The number of nitrogens with one attached hydrogen (secondary N) is 1. The number of ether oxygens (including phenoxy) is 1. The first kappa shape index (κ1) is 17.0. The van der Waals surface area contributed by atoms with Gasteiger partial charge in [0.1, 0.15) is 12.6 Å². The lowest BCUT2D eigenvalue weighted by atomic mass is 10.1. The van der Waals surface area contributed by atoms with E-state index in [2.05, 4.69) is 5.32 Å². The molecule has 0 aliphatic carbocycles. The molecule has 2 amide bonds. The molecule has 2 rings (SSSR count). The third kappa shape index (κ3) is 5.09. The Bertz CT molecular complexity index is 677. The normalized spacial score (nSPS) is 11.7. The number of halogens is 1. The van der Waals surface area contributed by atoms with E-state index in [4.69, 9.17) is 22.1 Å². The third-order valence-corrected chi connectivity index (χ3v) is 3.54. The lowest BCUT2D eigenvalue weighted by Gasteiger charge is -2.16. The minimum atomic E-state index is -0.882. The van der Waals surface area contributed by atoms with Gasteiger partial charge in [-0.05, 0) is 17.2 Å². The van der Waals surface area contributed by atoms with E-state index >= 15 is 0 Å². The maximum atomic E-state index is 11.9. The van der Waals surface area contributed by atoms with Gasteiger partial charge in [-0.1, -0.05) is 60.1 Å². The molecule has 0 saturated heterocycles. The van der Waals surface area contributed by atoms with Gasteiger partial charge in [0.25, 0.3) is 0 Å². The molecule has 0 spiro atoms. The Kier molecular flexibility index (Phi) is 6.14. The SMILES string of the molecule is NC(=O)[C@H](NC(=O)COCc1ccccc1Cl)c1ccccc1. The van der Waals surface area contributed by atoms with Gasteiger partial charge in [0.2, 0.25) is 11.8 Å². The van der Waals surface area contributed by atoms with Crippen LogP contribution in [0.1, 0.15) is 17.2 Å². The van der Waals surface area contributed by atoms with E-state index in [1.54, 1.807) is 30.3 Å². The summed E-state index contributed by atoms with van der Waals surface area (Å²) in [5.41, 5.74) is 6.76. The summed E-state index contributed by atoms with van der Waals surface area (Å²) in [6, 6.07) is 15.1. The highest BCUT2D eigenvalue weighted by Crippen LogP contribution is 2.16. The minimum Gasteiger partial charge on any atom is -0.368 e. The Labute approximate surface area is 139 Å². The minimum absolute atomic E-state index is 0.193. The number of rotatable bonds is 7. The summed E-state index contributed by atoms with van der Waals surface area (Å²) in [5, 5.41) is 3.14. The van der Waals surface area contributed by atoms with Crippen molar-refractivity contribution in [2.45, 2.75) is 12.6 Å². The van der Waals surface area contributed by atoms with Crippen LogP contribution in [0.15, 0.2) is 54.6 Å². The second-order valence-electron chi connectivity index (χ2n) is 4.90. The summed E-state index contributed by atoms with van der Waals surface area (Å²) in [4.78, 5) is 23.5. The van der Waals surface area contributed by atoms with Gasteiger partial charge in [0, 0.05) is 5.02 Å². The molecule has 0 aliphatic rings. The van der Waals surface area contributed by atoms with Crippen molar-refractivity contribution in [2.24, 2.45) is 5.73 Å². The molecule has 120 valence electrons. The number of benzene rings is 2. The van der Waals surface area contributed by atoms with Crippen LogP contribution in [-0.2, 0) is 20.9 Å². The highest BCUT2D eigenvalue weighted by atomic mass is 35.5. The van der Waals surface area contributed by atoms with E-state index in [1.807, 2.05) is 24.3 Å². The largest absolute Gasteiger partial charge is 0.368 e. The lowest BCUT2D eigenvalue weighted by molar-refractivity contribution is -0.130. The highest BCUT2D eigenvalue weighted by Gasteiger charge is 2.19. The van der Waals surface area contributed by atoms with Crippen LogP contribution in [0.5, 0.6) is 0 Å². The molecule has 23 heavy (non-hydrogen) atoms. The van der Waals surface area contributed by atoms with Gasteiger partial charge < -0.3 is 15.8 Å². The monoisotopic (exact) mass is 332 g/mol. The first-order chi connectivity index (χ1) is 11.1. The van der Waals surface area contributed by atoms with Crippen LogP contribution in [-0.4, -0.2) is 18.4 Å². The molecule has 2 aromatic carbocycles. The predicted molar refractivity (Wildman–Crippen MR) is 87.6 cm³/mol. The summed E-state index contributed by atoms with van der Waals surface area (Å²) in [7, 11) is 0. The molecular weight excluding hydrogens is 316 g/mol. The maximum absolute atomic E-state index is 11.9. The zero-order valence-corrected chi connectivity index (χ0v) is 13.1. The molecule has 5 nitrogen and oxygen atoms in total. The number of amides is 2. The summed E-state index contributed by atoms with van der Waals surface area (Å²) in [5.74, 6) is -1.06. The molecule has 1 atom stereocenters. The zero-order chi connectivity index (χ0) is 16.7. The molecule has 0 bridgehead atoms. The van der Waals surface area contributed by atoms with Crippen LogP contribution >= 0.6 is 11.6 Å². The second kappa shape index (κ2) is 8.31. The molecule has 0 unspecified atom stereocenters. The Morgan fingerprint density at radius 1 is 1.09 bits per heavy atom. The van der Waals surface area contributed by atoms with Gasteiger partial charge in [-0.2, -0.15) is 0 Å². The van der Waals surface area contributed by atoms with Crippen molar-refractivity contribution >= 4 is 23.4 Å². The molecule has 0 saturated carbocycles. The Morgan fingerprint density at radius 2 is 1.74 bits per heavy atom. The number of hydrogen-bond donors (Lipinski definition) is 2. The fourth-order valence-corrected chi connectivity index (χ4v) is 2.23. The first-order valence-corrected chi connectivity index (χ1v) is 7.40. The average molecular weight is 333 g/mol. The van der Waals surface area contributed by atoms with E-state index in [9.17, 15) is 9.59 Å². The van der Waals surface area contributed by atoms with E-state index in [0.29, 0.717) is 10.6 Å². The van der Waals surface area contributed by atoms with Crippen molar-refractivity contribution < 1.29 is 14.3 Å². The van der Waals surface area contributed by atoms with Crippen molar-refractivity contribution in [1.29, 1.82) is 0 Å². The van der Waals surface area contributed by atoms with Crippen molar-refractivity contribution in [1.82, 2.24) is 5.32 Å². The first-order valence-electron chi connectivity index (χ1n) is 7.02. The molecule has 0 heterocycles. The zero-order valence-electron chi connectivity index (χ0n) is 12.4. The Morgan fingerprint density at radius 3 is 2.39 bits per heavy atom. The fourth-order valence-electron chi connectivity index (χ4n) is 2.04. The van der Waals surface area contributed by atoms with Gasteiger partial charge in [-0.3, -0.25) is 9.59 Å². The average Bonchev–Trinajstić information content (AvgIpc) is 2.55. The molecule has 3 N–H and O–H groups in total. The second-order valence-corrected chi connectivity index (χ2v) is 5.30. The van der Waals surface area contributed by atoms with Crippen LogP contribution in [0.4, 0.5) is 0 Å². The lowest BCUT2D eigenvalue weighted by Crippen LogP contribution is -2.39. The summed E-state index contributed by atoms with van der Waals surface area (Å²) >= 11 is 6.00. The molecule has 0 fully saturated rings. The Balaban J connectivity index is 1.88. The number of carbonyl (C=O) groups excluding carboxylic acids is 2. The van der Waals surface area contributed by atoms with Crippen LogP contribution in [0.2, 0.25) is 5.02 Å². The predicted octanol–water partition coefficient (Wildman–Crippen LogP) is 2.20. The van der Waals surface area contributed by atoms with E-state index < -0.39 is 17.9 Å². The van der Waals surface area contributed by atoms with E-state index in [0.717, 1.165) is 5.56 Å². The fraction of sp³-hybridized carbons (Fsp3) is 0.176. The van der Waals surface area contributed by atoms with Crippen LogP contribution in [0.3, 0.4) is 0 Å². The molecule has 2 aromatic rings. The van der Waals surface area contributed by atoms with Crippen molar-refractivity contribution in [3.8, 4) is 0 Å². The van der Waals surface area contributed by atoms with Crippen LogP contribution < -0.4 is 11.1 Å². The molecule has 0 radical (unpaired) electrons. The quantitative estimate of drug-likeness (QED) is 0.815. The van der Waals surface area contributed by atoms with E-state index in [-0.39, 0.29) is 13.2 Å². The summed E-state index contributed by atoms with van der Waals surface area (Å²) in [6.45, 7) is 0.0154. The van der Waals surface area contributed by atoms with Crippen molar-refractivity contribution in [3.05, 3.63) is 70.7 Å². The van der Waals surface area contributed by atoms with Gasteiger partial charge >= 0.3 is 0 Å². The van der Waals surface area contributed by atoms with Crippen molar-refractivity contribution in [3.63, 3.8) is 0 Å². The van der Waals surface area contributed by atoms with Crippen LogP contribution in [0.25, 0.3) is 0 Å². The molecule has 6 heteroatoms. The summed E-state index contributed by atoms with van der Waals surface area (Å²) in [6.07, 6.45) is 0. The molecule has 0 aliphatic heterocycles. The molecule has 0 aromatic heterocycles. The smallest absolute Gasteiger partial charge is 0.246 e. The summed E-state index contributed by atoms with van der Waals surface area (Å²) < 4.78 is 5.33. The van der Waals surface area contributed by atoms with E-state index in [1.165, 1.54) is 0 Å². The van der Waals surface area contributed by atoms with Gasteiger partial charge in [0.05, 0.1) is 6.61 Å².